The quantitative estimate of drug-likeness (QED) is 0.873. The van der Waals surface area contributed by atoms with Gasteiger partial charge in [0.05, 0.1) is 18.2 Å². The highest BCUT2D eigenvalue weighted by Gasteiger charge is 2.30. The SMILES string of the molecule is OC1CCc2nnc(-c3ccc(C(F)(F)F)cc3)n2C1. The van der Waals surface area contributed by atoms with Crippen molar-refractivity contribution in [2.75, 3.05) is 0 Å². The minimum absolute atomic E-state index is 0.374. The zero-order valence-corrected chi connectivity index (χ0v) is 10.4. The normalized spacial score (nSPS) is 18.9. The minimum atomic E-state index is -4.35. The van der Waals surface area contributed by atoms with Crippen LogP contribution in [0.15, 0.2) is 24.3 Å². The molecule has 1 aliphatic heterocycles. The highest BCUT2D eigenvalue weighted by molar-refractivity contribution is 5.56. The molecule has 1 N–H and O–H groups in total. The number of aromatic nitrogens is 3. The fourth-order valence-electron chi connectivity index (χ4n) is 2.33. The molecule has 0 amide bonds. The number of alkyl halides is 3. The van der Waals surface area contributed by atoms with Gasteiger partial charge in [0.1, 0.15) is 5.82 Å². The van der Waals surface area contributed by atoms with Crippen LogP contribution in [0.1, 0.15) is 17.8 Å². The molecule has 0 bridgehead atoms. The molecule has 2 heterocycles. The maximum Gasteiger partial charge on any atom is 0.416 e. The second kappa shape index (κ2) is 4.59. The number of rotatable bonds is 1. The fraction of sp³-hybridized carbons (Fsp3) is 0.385. The first-order valence-electron chi connectivity index (χ1n) is 6.23. The van der Waals surface area contributed by atoms with E-state index in [0.29, 0.717) is 30.8 Å². The Morgan fingerprint density at radius 2 is 1.85 bits per heavy atom. The van der Waals surface area contributed by atoms with E-state index in [2.05, 4.69) is 10.2 Å². The van der Waals surface area contributed by atoms with Crippen LogP contribution in [0.4, 0.5) is 13.2 Å². The standard InChI is InChI=1S/C13H12F3N3O/c14-13(15,16)9-3-1-8(2-4-9)12-18-17-11-6-5-10(20)7-19(11)12/h1-4,10,20H,5-7H2. The molecule has 3 rings (SSSR count). The number of hydrogen-bond acceptors (Lipinski definition) is 3. The van der Waals surface area contributed by atoms with Gasteiger partial charge in [0.25, 0.3) is 0 Å². The van der Waals surface area contributed by atoms with Gasteiger partial charge >= 0.3 is 6.18 Å². The van der Waals surface area contributed by atoms with E-state index in [4.69, 9.17) is 0 Å². The Hall–Kier alpha value is -1.89. The highest BCUT2D eigenvalue weighted by Crippen LogP contribution is 2.31. The van der Waals surface area contributed by atoms with Crippen LogP contribution in [0.2, 0.25) is 0 Å². The van der Waals surface area contributed by atoms with E-state index in [0.717, 1.165) is 18.0 Å². The van der Waals surface area contributed by atoms with E-state index in [1.807, 2.05) is 0 Å². The third-order valence-electron chi connectivity index (χ3n) is 3.39. The Morgan fingerprint density at radius 3 is 2.50 bits per heavy atom. The van der Waals surface area contributed by atoms with E-state index in [9.17, 15) is 18.3 Å². The minimum Gasteiger partial charge on any atom is -0.391 e. The first-order chi connectivity index (χ1) is 9.45. The van der Waals surface area contributed by atoms with Crippen LogP contribution in [0, 0.1) is 0 Å². The molecule has 0 saturated carbocycles. The molecule has 1 atom stereocenters. The van der Waals surface area contributed by atoms with Crippen molar-refractivity contribution >= 4 is 0 Å². The molecule has 1 aromatic carbocycles. The van der Waals surface area contributed by atoms with Crippen molar-refractivity contribution < 1.29 is 18.3 Å². The summed E-state index contributed by atoms with van der Waals surface area (Å²) in [6.45, 7) is 0.374. The maximum absolute atomic E-state index is 12.5. The molecule has 0 saturated heterocycles. The summed E-state index contributed by atoms with van der Waals surface area (Å²) in [7, 11) is 0. The Labute approximate surface area is 112 Å². The number of benzene rings is 1. The predicted molar refractivity (Wildman–Crippen MR) is 64.8 cm³/mol. The zero-order chi connectivity index (χ0) is 14.3. The fourth-order valence-corrected chi connectivity index (χ4v) is 2.33. The van der Waals surface area contributed by atoms with Gasteiger partial charge in [-0.3, -0.25) is 0 Å². The van der Waals surface area contributed by atoms with E-state index >= 15 is 0 Å². The molecule has 0 radical (unpaired) electrons. The van der Waals surface area contributed by atoms with E-state index in [-0.39, 0.29) is 0 Å². The number of hydrogen-bond donors (Lipinski definition) is 1. The summed E-state index contributed by atoms with van der Waals surface area (Å²) in [4.78, 5) is 0. The second-order valence-electron chi connectivity index (χ2n) is 4.82. The Kier molecular flexibility index (Phi) is 3.01. The molecule has 1 aromatic heterocycles. The largest absolute Gasteiger partial charge is 0.416 e. The lowest BCUT2D eigenvalue weighted by atomic mass is 10.1. The lowest BCUT2D eigenvalue weighted by molar-refractivity contribution is -0.137. The number of aryl methyl sites for hydroxylation is 1. The van der Waals surface area contributed by atoms with Crippen LogP contribution in [0.25, 0.3) is 11.4 Å². The number of aliphatic hydroxyl groups excluding tert-OH is 1. The number of nitrogens with zero attached hydrogens (tertiary/aromatic N) is 3. The molecular formula is C13H12F3N3O. The van der Waals surface area contributed by atoms with Crippen molar-refractivity contribution in [2.45, 2.75) is 31.7 Å². The van der Waals surface area contributed by atoms with E-state index in [1.54, 1.807) is 4.57 Å². The third kappa shape index (κ3) is 2.29. The van der Waals surface area contributed by atoms with Crippen molar-refractivity contribution in [1.29, 1.82) is 0 Å². The van der Waals surface area contributed by atoms with Gasteiger partial charge in [0.2, 0.25) is 0 Å². The van der Waals surface area contributed by atoms with Crippen molar-refractivity contribution in [1.82, 2.24) is 14.8 Å². The number of halogens is 3. The van der Waals surface area contributed by atoms with Crippen molar-refractivity contribution in [2.24, 2.45) is 0 Å². The Bertz CT molecular complexity index is 619. The third-order valence-corrected chi connectivity index (χ3v) is 3.39. The predicted octanol–water partition coefficient (Wildman–Crippen LogP) is 2.27. The van der Waals surface area contributed by atoms with Gasteiger partial charge in [-0.05, 0) is 18.6 Å². The summed E-state index contributed by atoms with van der Waals surface area (Å²) in [6, 6.07) is 4.80. The topological polar surface area (TPSA) is 50.9 Å². The average molecular weight is 283 g/mol. The molecule has 7 heteroatoms. The summed E-state index contributed by atoms with van der Waals surface area (Å²) in [5.41, 5.74) is -0.134. The van der Waals surface area contributed by atoms with Crippen LogP contribution >= 0.6 is 0 Å². The lowest BCUT2D eigenvalue weighted by Gasteiger charge is -2.20. The number of aliphatic hydroxyl groups is 1. The zero-order valence-electron chi connectivity index (χ0n) is 10.4. The van der Waals surface area contributed by atoms with Crippen LogP contribution in [0.3, 0.4) is 0 Å². The summed E-state index contributed by atoms with van der Waals surface area (Å²) < 4.78 is 39.3. The molecule has 1 aliphatic rings. The van der Waals surface area contributed by atoms with Crippen LogP contribution < -0.4 is 0 Å². The van der Waals surface area contributed by atoms with Gasteiger partial charge in [0.15, 0.2) is 5.82 Å². The molecule has 2 aromatic rings. The molecule has 1 unspecified atom stereocenters. The van der Waals surface area contributed by atoms with Crippen LogP contribution in [-0.2, 0) is 19.1 Å². The molecule has 106 valence electrons. The first kappa shape index (κ1) is 13.1. The summed E-state index contributed by atoms with van der Waals surface area (Å²) in [5, 5.41) is 17.7. The highest BCUT2D eigenvalue weighted by atomic mass is 19.4. The van der Waals surface area contributed by atoms with E-state index in [1.165, 1.54) is 12.1 Å². The first-order valence-corrected chi connectivity index (χ1v) is 6.23. The smallest absolute Gasteiger partial charge is 0.391 e. The molecule has 4 nitrogen and oxygen atoms in total. The Morgan fingerprint density at radius 1 is 1.15 bits per heavy atom. The molecule has 0 spiro atoms. The summed E-state index contributed by atoms with van der Waals surface area (Å²) in [6.07, 6.45) is -3.56. The lowest BCUT2D eigenvalue weighted by Crippen LogP contribution is -2.24. The van der Waals surface area contributed by atoms with Crippen LogP contribution in [0.5, 0.6) is 0 Å². The molecule has 0 aliphatic carbocycles. The second-order valence-corrected chi connectivity index (χ2v) is 4.82. The summed E-state index contributed by atoms with van der Waals surface area (Å²) >= 11 is 0. The molecule has 20 heavy (non-hydrogen) atoms. The van der Waals surface area contributed by atoms with Gasteiger partial charge in [-0.25, -0.2) is 0 Å². The van der Waals surface area contributed by atoms with Gasteiger partial charge < -0.3 is 9.67 Å². The number of fused-ring (bicyclic) bond motifs is 1. The molecule has 0 fully saturated rings. The van der Waals surface area contributed by atoms with Gasteiger partial charge in [-0.15, -0.1) is 10.2 Å². The monoisotopic (exact) mass is 283 g/mol. The maximum atomic E-state index is 12.5. The van der Waals surface area contributed by atoms with Crippen molar-refractivity contribution in [3.63, 3.8) is 0 Å². The van der Waals surface area contributed by atoms with Crippen LogP contribution in [-0.4, -0.2) is 26.0 Å². The van der Waals surface area contributed by atoms with Gasteiger partial charge in [-0.2, -0.15) is 13.2 Å². The van der Waals surface area contributed by atoms with Gasteiger partial charge in [0, 0.05) is 12.0 Å². The van der Waals surface area contributed by atoms with Gasteiger partial charge in [-0.1, -0.05) is 12.1 Å². The average Bonchev–Trinajstić information content (AvgIpc) is 2.81. The summed E-state index contributed by atoms with van der Waals surface area (Å²) in [5.74, 6) is 1.25. The molecular weight excluding hydrogens is 271 g/mol. The van der Waals surface area contributed by atoms with Crippen molar-refractivity contribution in [3.8, 4) is 11.4 Å². The Balaban J connectivity index is 1.96. The van der Waals surface area contributed by atoms with Crippen molar-refractivity contribution in [3.05, 3.63) is 35.7 Å². The van der Waals surface area contributed by atoms with E-state index < -0.39 is 17.8 Å².